The Labute approximate surface area is 171 Å². The lowest BCUT2D eigenvalue weighted by Crippen LogP contribution is -2.53. The molecule has 2 aromatic rings. The zero-order valence-electron chi connectivity index (χ0n) is 16.5. The van der Waals surface area contributed by atoms with Crippen LogP contribution in [0.25, 0.3) is 0 Å². The van der Waals surface area contributed by atoms with Crippen LogP contribution in [0.3, 0.4) is 0 Å². The molecule has 0 aliphatic carbocycles. The van der Waals surface area contributed by atoms with Crippen molar-refractivity contribution in [1.29, 1.82) is 0 Å². The molecule has 7 nitrogen and oxygen atoms in total. The molecule has 2 aliphatic rings. The highest BCUT2D eigenvalue weighted by Crippen LogP contribution is 2.30. The first-order valence-corrected chi connectivity index (χ1v) is 10.1. The van der Waals surface area contributed by atoms with E-state index in [0.29, 0.717) is 24.8 Å². The maximum atomic E-state index is 12.4. The largest absolute Gasteiger partial charge is 0.492 e. The van der Waals surface area contributed by atoms with Crippen molar-refractivity contribution in [1.82, 2.24) is 15.1 Å². The Morgan fingerprint density at radius 1 is 0.966 bits per heavy atom. The van der Waals surface area contributed by atoms with E-state index in [-0.39, 0.29) is 12.5 Å². The second-order valence-electron chi connectivity index (χ2n) is 7.18. The molecule has 2 heterocycles. The van der Waals surface area contributed by atoms with Crippen molar-refractivity contribution >= 4 is 5.91 Å². The van der Waals surface area contributed by atoms with Gasteiger partial charge in [0.15, 0.2) is 11.5 Å². The van der Waals surface area contributed by atoms with Crippen LogP contribution in [0.15, 0.2) is 54.6 Å². The summed E-state index contributed by atoms with van der Waals surface area (Å²) in [6.45, 7) is 6.09. The molecule has 0 bridgehead atoms. The number of nitrogens with one attached hydrogen (secondary N) is 1. The Hall–Kier alpha value is -2.77. The summed E-state index contributed by atoms with van der Waals surface area (Å²) < 4.78 is 17.1. The van der Waals surface area contributed by atoms with Crippen molar-refractivity contribution < 1.29 is 19.0 Å². The van der Waals surface area contributed by atoms with Gasteiger partial charge >= 0.3 is 0 Å². The number of hydrogen-bond donors (Lipinski definition) is 1. The van der Waals surface area contributed by atoms with Crippen molar-refractivity contribution in [3.63, 3.8) is 0 Å². The van der Waals surface area contributed by atoms with Gasteiger partial charge in [-0.15, -0.1) is 0 Å². The first-order chi connectivity index (χ1) is 14.3. The molecule has 1 saturated heterocycles. The smallest absolute Gasteiger partial charge is 0.265 e. The van der Waals surface area contributed by atoms with E-state index in [2.05, 4.69) is 15.1 Å². The summed E-state index contributed by atoms with van der Waals surface area (Å²) in [6.07, 6.45) is -0.610. The van der Waals surface area contributed by atoms with Gasteiger partial charge in [0, 0.05) is 32.7 Å². The van der Waals surface area contributed by atoms with Crippen LogP contribution in [-0.4, -0.2) is 74.4 Å². The number of carbonyl (C=O) groups excluding carboxylic acids is 1. The summed E-state index contributed by atoms with van der Waals surface area (Å²) in [6, 6.07) is 17.3. The van der Waals surface area contributed by atoms with E-state index < -0.39 is 6.10 Å². The lowest BCUT2D eigenvalue weighted by atomic mass is 10.2. The molecule has 0 aromatic heterocycles. The molecule has 1 amide bonds. The third-order valence-electron chi connectivity index (χ3n) is 5.16. The Morgan fingerprint density at radius 3 is 2.45 bits per heavy atom. The molecule has 1 N–H and O–H groups in total. The fourth-order valence-electron chi connectivity index (χ4n) is 3.43. The second-order valence-corrected chi connectivity index (χ2v) is 7.18. The predicted octanol–water partition coefficient (Wildman–Crippen LogP) is 1.60. The maximum Gasteiger partial charge on any atom is 0.265 e. The summed E-state index contributed by atoms with van der Waals surface area (Å²) in [5, 5.41) is 2.97. The lowest BCUT2D eigenvalue weighted by molar-refractivity contribution is -0.131. The Kier molecular flexibility index (Phi) is 6.49. The van der Waals surface area contributed by atoms with Crippen LogP contribution in [0.2, 0.25) is 0 Å². The van der Waals surface area contributed by atoms with Crippen molar-refractivity contribution in [2.75, 3.05) is 52.6 Å². The van der Waals surface area contributed by atoms with E-state index in [9.17, 15) is 4.79 Å². The minimum Gasteiger partial charge on any atom is -0.492 e. The molecule has 2 aromatic carbocycles. The van der Waals surface area contributed by atoms with E-state index in [0.717, 1.165) is 38.5 Å². The molecule has 0 radical (unpaired) electrons. The molecule has 29 heavy (non-hydrogen) atoms. The van der Waals surface area contributed by atoms with Crippen LogP contribution >= 0.6 is 0 Å². The van der Waals surface area contributed by atoms with Gasteiger partial charge in [-0.3, -0.25) is 14.6 Å². The molecule has 0 saturated carbocycles. The fraction of sp³-hybridized carbons (Fsp3) is 0.409. The van der Waals surface area contributed by atoms with Gasteiger partial charge in [0.1, 0.15) is 19.0 Å². The number of rotatable bonds is 7. The van der Waals surface area contributed by atoms with Crippen LogP contribution < -0.4 is 19.5 Å². The first-order valence-electron chi connectivity index (χ1n) is 10.1. The van der Waals surface area contributed by atoms with E-state index in [1.807, 2.05) is 54.6 Å². The van der Waals surface area contributed by atoms with Crippen molar-refractivity contribution in [2.24, 2.45) is 0 Å². The van der Waals surface area contributed by atoms with Gasteiger partial charge in [-0.05, 0) is 24.3 Å². The number of piperazine rings is 1. The van der Waals surface area contributed by atoms with Gasteiger partial charge < -0.3 is 19.5 Å². The average Bonchev–Trinajstić information content (AvgIpc) is 2.79. The molecule has 0 spiro atoms. The minimum atomic E-state index is -0.610. The van der Waals surface area contributed by atoms with Crippen LogP contribution in [0, 0.1) is 0 Å². The molecular weight excluding hydrogens is 370 g/mol. The number of para-hydroxylation sites is 3. The number of amides is 1. The monoisotopic (exact) mass is 397 g/mol. The zero-order valence-corrected chi connectivity index (χ0v) is 16.5. The number of ether oxygens (including phenoxy) is 3. The van der Waals surface area contributed by atoms with E-state index in [4.69, 9.17) is 14.2 Å². The van der Waals surface area contributed by atoms with Gasteiger partial charge in [0.05, 0.1) is 6.67 Å². The van der Waals surface area contributed by atoms with E-state index in [1.165, 1.54) is 0 Å². The number of hydrogen-bond acceptors (Lipinski definition) is 6. The third-order valence-corrected chi connectivity index (χ3v) is 5.16. The minimum absolute atomic E-state index is 0.141. The summed E-state index contributed by atoms with van der Waals surface area (Å²) >= 11 is 0. The van der Waals surface area contributed by atoms with Crippen molar-refractivity contribution in [3.05, 3.63) is 54.6 Å². The molecule has 1 atom stereocenters. The van der Waals surface area contributed by atoms with Gasteiger partial charge in [-0.1, -0.05) is 30.3 Å². The van der Waals surface area contributed by atoms with Crippen LogP contribution in [-0.2, 0) is 4.79 Å². The standard InChI is InChI=1S/C22H27N3O4/c26-22(21-16-28-19-8-4-5-9-20(19)29-21)23-17-25-12-10-24(11-13-25)14-15-27-18-6-2-1-3-7-18/h1-9,21H,10-17H2,(H,23,26). The van der Waals surface area contributed by atoms with Gasteiger partial charge in [-0.2, -0.15) is 0 Å². The summed E-state index contributed by atoms with van der Waals surface area (Å²) in [5.74, 6) is 2.07. The predicted molar refractivity (Wildman–Crippen MR) is 109 cm³/mol. The molecule has 7 heteroatoms. The number of nitrogens with zero attached hydrogens (tertiary/aromatic N) is 2. The third kappa shape index (κ3) is 5.40. The van der Waals surface area contributed by atoms with Crippen LogP contribution in [0.4, 0.5) is 0 Å². The topological polar surface area (TPSA) is 63.3 Å². The summed E-state index contributed by atoms with van der Waals surface area (Å²) in [4.78, 5) is 17.0. The Bertz CT molecular complexity index is 794. The molecule has 1 unspecified atom stereocenters. The zero-order chi connectivity index (χ0) is 19.9. The van der Waals surface area contributed by atoms with Gasteiger partial charge in [0.2, 0.25) is 6.10 Å². The quantitative estimate of drug-likeness (QED) is 0.766. The molecular formula is C22H27N3O4. The number of carbonyl (C=O) groups is 1. The van der Waals surface area contributed by atoms with Crippen LogP contribution in [0.5, 0.6) is 17.2 Å². The highest BCUT2D eigenvalue weighted by atomic mass is 16.6. The molecule has 1 fully saturated rings. The first kappa shape index (κ1) is 19.5. The fourth-order valence-corrected chi connectivity index (χ4v) is 3.43. The lowest BCUT2D eigenvalue weighted by Gasteiger charge is -2.35. The maximum absolute atomic E-state index is 12.4. The Morgan fingerprint density at radius 2 is 1.66 bits per heavy atom. The summed E-state index contributed by atoms with van der Waals surface area (Å²) in [7, 11) is 0. The van der Waals surface area contributed by atoms with Gasteiger partial charge in [0.25, 0.3) is 5.91 Å². The molecule has 4 rings (SSSR count). The SMILES string of the molecule is O=C(NCN1CCN(CCOc2ccccc2)CC1)C1COc2ccccc2O1. The highest BCUT2D eigenvalue weighted by Gasteiger charge is 2.27. The normalized spacial score (nSPS) is 19.5. The second kappa shape index (κ2) is 9.62. The van der Waals surface area contributed by atoms with E-state index >= 15 is 0 Å². The number of benzene rings is 2. The van der Waals surface area contributed by atoms with Crippen LogP contribution in [0.1, 0.15) is 0 Å². The number of fused-ring (bicyclic) bond motifs is 1. The highest BCUT2D eigenvalue weighted by molar-refractivity contribution is 5.81. The van der Waals surface area contributed by atoms with Crippen molar-refractivity contribution in [2.45, 2.75) is 6.10 Å². The van der Waals surface area contributed by atoms with Gasteiger partial charge in [-0.25, -0.2) is 0 Å². The van der Waals surface area contributed by atoms with E-state index in [1.54, 1.807) is 0 Å². The molecule has 2 aliphatic heterocycles. The summed E-state index contributed by atoms with van der Waals surface area (Å²) in [5.41, 5.74) is 0. The average molecular weight is 397 g/mol. The van der Waals surface area contributed by atoms with Crippen molar-refractivity contribution in [3.8, 4) is 17.2 Å². The molecule has 154 valence electrons. The Balaban J connectivity index is 1.13.